The predicted molar refractivity (Wildman–Crippen MR) is 103 cm³/mol. The molecule has 0 radical (unpaired) electrons. The van der Waals surface area contributed by atoms with Crippen molar-refractivity contribution in [3.05, 3.63) is 71.4 Å². The van der Waals surface area contributed by atoms with Crippen molar-refractivity contribution in [2.24, 2.45) is 5.73 Å². The molecule has 128 valence electrons. The summed E-state index contributed by atoms with van der Waals surface area (Å²) in [7, 11) is 0. The van der Waals surface area contributed by atoms with Gasteiger partial charge >= 0.3 is 0 Å². The molecule has 0 aliphatic carbocycles. The summed E-state index contributed by atoms with van der Waals surface area (Å²) in [6, 6.07) is 16.7. The topological polar surface area (TPSA) is 84.7 Å². The first-order chi connectivity index (χ1) is 12.6. The standard InChI is InChI=1S/C19H13ClN4OS/c20-13-3-5-14(6-4-13)26-17-8-2-12(10-22-17)19-23-15-7-1-11(18(21)25)9-16(15)24-19/h1-10H,(H2,21,25)(H,23,24). The second-order valence-corrected chi connectivity index (χ2v) is 7.15. The first kappa shape index (κ1) is 16.6. The van der Waals surface area contributed by atoms with Gasteiger partial charge in [0.25, 0.3) is 0 Å². The summed E-state index contributed by atoms with van der Waals surface area (Å²) in [5.41, 5.74) is 8.15. The number of nitrogens with one attached hydrogen (secondary N) is 1. The first-order valence-corrected chi connectivity index (χ1v) is 8.97. The maximum atomic E-state index is 11.3. The largest absolute Gasteiger partial charge is 0.366 e. The van der Waals surface area contributed by atoms with Gasteiger partial charge in [-0.25, -0.2) is 9.97 Å². The molecule has 4 rings (SSSR count). The molecule has 7 heteroatoms. The highest BCUT2D eigenvalue weighted by Crippen LogP contribution is 2.28. The van der Waals surface area contributed by atoms with Crippen LogP contribution in [0.2, 0.25) is 5.02 Å². The molecule has 2 heterocycles. The third-order valence-corrected chi connectivity index (χ3v) is 5.02. The molecule has 4 aromatic rings. The Labute approximate surface area is 158 Å². The van der Waals surface area contributed by atoms with Crippen LogP contribution < -0.4 is 5.73 Å². The molecule has 0 aliphatic heterocycles. The van der Waals surface area contributed by atoms with Gasteiger partial charge in [-0.3, -0.25) is 4.79 Å². The summed E-state index contributed by atoms with van der Waals surface area (Å²) in [6.45, 7) is 0. The number of benzene rings is 2. The van der Waals surface area contributed by atoms with E-state index in [-0.39, 0.29) is 0 Å². The zero-order chi connectivity index (χ0) is 18.1. The van der Waals surface area contributed by atoms with Crippen LogP contribution in [0, 0.1) is 0 Å². The maximum Gasteiger partial charge on any atom is 0.248 e. The van der Waals surface area contributed by atoms with Crippen molar-refractivity contribution in [2.75, 3.05) is 0 Å². The SMILES string of the molecule is NC(=O)c1ccc2nc(-c3ccc(Sc4ccc(Cl)cc4)nc3)[nH]c2c1. The number of primary amides is 1. The summed E-state index contributed by atoms with van der Waals surface area (Å²) in [5, 5.41) is 1.59. The lowest BCUT2D eigenvalue weighted by Crippen LogP contribution is -2.10. The van der Waals surface area contributed by atoms with E-state index in [0.29, 0.717) is 16.4 Å². The number of hydrogen-bond acceptors (Lipinski definition) is 4. The number of amides is 1. The van der Waals surface area contributed by atoms with E-state index in [2.05, 4.69) is 15.0 Å². The number of fused-ring (bicyclic) bond motifs is 1. The third kappa shape index (κ3) is 3.42. The van der Waals surface area contributed by atoms with Gasteiger partial charge in [0, 0.05) is 27.2 Å². The van der Waals surface area contributed by atoms with Gasteiger partial charge in [-0.15, -0.1) is 0 Å². The number of carbonyl (C=O) groups excluding carboxylic acids is 1. The normalized spacial score (nSPS) is 11.0. The molecule has 0 bridgehead atoms. The Bertz CT molecular complexity index is 1090. The van der Waals surface area contributed by atoms with Gasteiger partial charge < -0.3 is 10.7 Å². The van der Waals surface area contributed by atoms with Crippen LogP contribution in [0.4, 0.5) is 0 Å². The molecule has 5 nitrogen and oxygen atoms in total. The highest BCUT2D eigenvalue weighted by molar-refractivity contribution is 7.99. The Morgan fingerprint density at radius 2 is 1.88 bits per heavy atom. The number of aromatic amines is 1. The first-order valence-electron chi connectivity index (χ1n) is 7.78. The number of carbonyl (C=O) groups is 1. The predicted octanol–water partition coefficient (Wildman–Crippen LogP) is 4.53. The van der Waals surface area contributed by atoms with Crippen LogP contribution >= 0.6 is 23.4 Å². The van der Waals surface area contributed by atoms with E-state index in [4.69, 9.17) is 17.3 Å². The fraction of sp³-hybridized carbons (Fsp3) is 0. The maximum absolute atomic E-state index is 11.3. The summed E-state index contributed by atoms with van der Waals surface area (Å²) < 4.78 is 0. The Morgan fingerprint density at radius 3 is 2.58 bits per heavy atom. The van der Waals surface area contributed by atoms with E-state index < -0.39 is 5.91 Å². The highest BCUT2D eigenvalue weighted by Gasteiger charge is 2.09. The highest BCUT2D eigenvalue weighted by atomic mass is 35.5. The number of hydrogen-bond donors (Lipinski definition) is 2. The quantitative estimate of drug-likeness (QED) is 0.544. The van der Waals surface area contributed by atoms with Gasteiger partial charge in [0.05, 0.1) is 11.0 Å². The molecule has 0 saturated carbocycles. The second-order valence-electron chi connectivity index (χ2n) is 5.62. The zero-order valence-corrected chi connectivity index (χ0v) is 15.0. The number of imidazole rings is 1. The van der Waals surface area contributed by atoms with Crippen molar-refractivity contribution < 1.29 is 4.79 Å². The number of aromatic nitrogens is 3. The molecular weight excluding hydrogens is 368 g/mol. The van der Waals surface area contributed by atoms with Gasteiger partial charge in [0.2, 0.25) is 5.91 Å². The molecule has 3 N–H and O–H groups in total. The van der Waals surface area contributed by atoms with Crippen molar-refractivity contribution in [1.29, 1.82) is 0 Å². The second kappa shape index (κ2) is 6.82. The minimum atomic E-state index is -0.465. The van der Waals surface area contributed by atoms with Gasteiger partial charge in [0.1, 0.15) is 10.9 Å². The lowest BCUT2D eigenvalue weighted by atomic mass is 10.2. The van der Waals surface area contributed by atoms with E-state index in [1.165, 1.54) is 0 Å². The average molecular weight is 381 g/mol. The van der Waals surface area contributed by atoms with Crippen molar-refractivity contribution in [3.8, 4) is 11.4 Å². The van der Waals surface area contributed by atoms with E-state index in [1.54, 1.807) is 36.2 Å². The lowest BCUT2D eigenvalue weighted by Gasteiger charge is -2.02. The van der Waals surface area contributed by atoms with E-state index in [9.17, 15) is 4.79 Å². The number of H-pyrrole nitrogens is 1. The number of nitrogens with two attached hydrogens (primary N) is 1. The Balaban J connectivity index is 1.59. The number of pyridine rings is 1. The minimum absolute atomic E-state index is 0.445. The minimum Gasteiger partial charge on any atom is -0.366 e. The van der Waals surface area contributed by atoms with E-state index in [1.807, 2.05) is 36.4 Å². The summed E-state index contributed by atoms with van der Waals surface area (Å²) in [4.78, 5) is 24.6. The Hall–Kier alpha value is -2.83. The molecule has 26 heavy (non-hydrogen) atoms. The smallest absolute Gasteiger partial charge is 0.248 e. The van der Waals surface area contributed by atoms with Crippen LogP contribution in [0.3, 0.4) is 0 Å². The van der Waals surface area contributed by atoms with Gasteiger partial charge in [0.15, 0.2) is 0 Å². The molecule has 0 atom stereocenters. The fourth-order valence-electron chi connectivity index (χ4n) is 2.50. The van der Waals surface area contributed by atoms with Crippen LogP contribution in [0.1, 0.15) is 10.4 Å². The third-order valence-electron chi connectivity index (χ3n) is 3.81. The van der Waals surface area contributed by atoms with Gasteiger partial charge in [-0.1, -0.05) is 23.4 Å². The molecular formula is C19H13ClN4OS. The summed E-state index contributed by atoms with van der Waals surface area (Å²) in [6.07, 6.45) is 1.77. The zero-order valence-electron chi connectivity index (χ0n) is 13.4. The van der Waals surface area contributed by atoms with Crippen LogP contribution in [0.5, 0.6) is 0 Å². The van der Waals surface area contributed by atoms with Crippen molar-refractivity contribution in [1.82, 2.24) is 15.0 Å². The van der Waals surface area contributed by atoms with Crippen LogP contribution in [0.25, 0.3) is 22.4 Å². The Morgan fingerprint density at radius 1 is 1.08 bits per heavy atom. The molecule has 2 aromatic heterocycles. The number of rotatable bonds is 4. The van der Waals surface area contributed by atoms with Crippen LogP contribution in [-0.4, -0.2) is 20.9 Å². The number of halogens is 1. The number of nitrogens with zero attached hydrogens (tertiary/aromatic N) is 2. The summed E-state index contributed by atoms with van der Waals surface area (Å²) >= 11 is 7.46. The molecule has 1 amide bonds. The molecule has 0 fully saturated rings. The molecule has 2 aromatic carbocycles. The van der Waals surface area contributed by atoms with Crippen LogP contribution in [-0.2, 0) is 0 Å². The molecule has 0 unspecified atom stereocenters. The average Bonchev–Trinajstić information content (AvgIpc) is 3.07. The molecule has 0 aliphatic rings. The lowest BCUT2D eigenvalue weighted by molar-refractivity contribution is 0.100. The molecule has 0 saturated heterocycles. The molecule has 0 spiro atoms. The Kier molecular flexibility index (Phi) is 4.36. The van der Waals surface area contributed by atoms with Crippen molar-refractivity contribution in [3.63, 3.8) is 0 Å². The summed E-state index contributed by atoms with van der Waals surface area (Å²) in [5.74, 6) is 0.227. The van der Waals surface area contributed by atoms with Crippen molar-refractivity contribution in [2.45, 2.75) is 9.92 Å². The van der Waals surface area contributed by atoms with Gasteiger partial charge in [-0.05, 0) is 54.6 Å². The van der Waals surface area contributed by atoms with Gasteiger partial charge in [-0.2, -0.15) is 0 Å². The van der Waals surface area contributed by atoms with E-state index >= 15 is 0 Å². The van der Waals surface area contributed by atoms with Crippen molar-refractivity contribution >= 4 is 40.3 Å². The van der Waals surface area contributed by atoms with Crippen LogP contribution in [0.15, 0.2) is 70.7 Å². The monoisotopic (exact) mass is 380 g/mol. The fourth-order valence-corrected chi connectivity index (χ4v) is 3.38. The van der Waals surface area contributed by atoms with E-state index in [0.717, 1.165) is 26.5 Å².